The maximum Gasteiger partial charge on any atom is 0.436 e. The third kappa shape index (κ3) is 3.16. The van der Waals surface area contributed by atoms with E-state index in [9.17, 15) is 18.0 Å². The number of benzene rings is 2. The van der Waals surface area contributed by atoms with Crippen LogP contribution in [0, 0.1) is 23.5 Å². The van der Waals surface area contributed by atoms with Crippen LogP contribution in [0.4, 0.5) is 27.6 Å². The van der Waals surface area contributed by atoms with Crippen LogP contribution in [-0.4, -0.2) is 30.9 Å². The van der Waals surface area contributed by atoms with Crippen molar-refractivity contribution in [1.82, 2.24) is 25.0 Å². The fourth-order valence-corrected chi connectivity index (χ4v) is 4.60. The number of aromatic amines is 1. The molecule has 1 saturated heterocycles. The van der Waals surface area contributed by atoms with Gasteiger partial charge in [-0.25, -0.2) is 18.4 Å². The Balaban J connectivity index is 1.41. The van der Waals surface area contributed by atoms with Gasteiger partial charge in [0.2, 0.25) is 5.91 Å². The molecule has 0 spiro atoms. The minimum absolute atomic E-state index is 0.0333. The molecule has 2 atom stereocenters. The van der Waals surface area contributed by atoms with Gasteiger partial charge in [-0.2, -0.15) is 13.2 Å². The summed E-state index contributed by atoms with van der Waals surface area (Å²) in [6.07, 6.45) is -1.10. The van der Waals surface area contributed by atoms with Crippen molar-refractivity contribution in [3.63, 3.8) is 0 Å². The van der Waals surface area contributed by atoms with Gasteiger partial charge in [0.15, 0.2) is 5.69 Å². The summed E-state index contributed by atoms with van der Waals surface area (Å²) in [5.41, 5.74) is -0.0313. The lowest BCUT2D eigenvalue weighted by molar-refractivity contribution is -0.141. The van der Waals surface area contributed by atoms with E-state index in [0.717, 1.165) is 30.5 Å². The molecule has 1 amide bonds. The van der Waals surface area contributed by atoms with Crippen molar-refractivity contribution >= 4 is 22.6 Å². The number of carbonyl (C=O) groups is 1. The number of nitrogens with one attached hydrogen (secondary N) is 1. The van der Waals surface area contributed by atoms with Crippen LogP contribution < -0.4 is 4.90 Å². The number of nitrogens with zero attached hydrogens (tertiary/aromatic N) is 5. The normalized spacial score (nSPS) is 20.7. The van der Waals surface area contributed by atoms with E-state index in [0.29, 0.717) is 22.1 Å². The second-order valence-electron chi connectivity index (χ2n) is 8.49. The quantitative estimate of drug-likeness (QED) is 0.348. The van der Waals surface area contributed by atoms with E-state index in [1.165, 1.54) is 11.2 Å². The second-order valence-corrected chi connectivity index (χ2v) is 8.49. The van der Waals surface area contributed by atoms with Crippen LogP contribution in [0.1, 0.15) is 30.1 Å². The molecule has 2 aliphatic rings. The van der Waals surface area contributed by atoms with Crippen LogP contribution in [0.15, 0.2) is 42.9 Å². The highest BCUT2D eigenvalue weighted by Gasteiger charge is 2.56. The molecule has 2 aromatic carbocycles. The largest absolute Gasteiger partial charge is 0.436 e. The zero-order valence-corrected chi connectivity index (χ0v) is 17.2. The molecular weight excluding hydrogens is 459 g/mol. The van der Waals surface area contributed by atoms with E-state index in [1.54, 1.807) is 18.2 Å². The number of carbonyl (C=O) groups excluding carboxylic acids is 1. The number of aromatic nitrogens is 5. The average molecular weight is 474 g/mol. The minimum atomic E-state index is -4.74. The number of amides is 1. The fourth-order valence-electron chi connectivity index (χ4n) is 4.60. The van der Waals surface area contributed by atoms with Crippen LogP contribution in [0.2, 0.25) is 0 Å². The van der Waals surface area contributed by atoms with Gasteiger partial charge in [-0.3, -0.25) is 4.79 Å². The van der Waals surface area contributed by atoms with Crippen LogP contribution in [0.25, 0.3) is 16.7 Å². The molecule has 1 unspecified atom stereocenters. The van der Waals surface area contributed by atoms with E-state index >= 15 is 8.78 Å². The first-order chi connectivity index (χ1) is 16.2. The van der Waals surface area contributed by atoms with Gasteiger partial charge in [0.25, 0.3) is 0 Å². The molecule has 12 heteroatoms. The van der Waals surface area contributed by atoms with Crippen LogP contribution >= 0.6 is 0 Å². The third-order valence-corrected chi connectivity index (χ3v) is 6.36. The first kappa shape index (κ1) is 20.8. The molecule has 34 heavy (non-hydrogen) atoms. The Morgan fingerprint density at radius 1 is 1.03 bits per heavy atom. The smallest absolute Gasteiger partial charge is 0.345 e. The number of anilines is 1. The van der Waals surface area contributed by atoms with Gasteiger partial charge in [-0.05, 0) is 37.0 Å². The minimum Gasteiger partial charge on any atom is -0.345 e. The summed E-state index contributed by atoms with van der Waals surface area (Å²) >= 11 is 0. The first-order valence-electron chi connectivity index (χ1n) is 10.5. The number of fused-ring (bicyclic) bond motifs is 1. The molecule has 1 aliphatic heterocycles. The van der Waals surface area contributed by atoms with Crippen LogP contribution in [0.3, 0.4) is 0 Å². The molecule has 4 aromatic rings. The summed E-state index contributed by atoms with van der Waals surface area (Å²) in [5.74, 6) is -2.73. The number of rotatable bonds is 4. The first-order valence-corrected chi connectivity index (χ1v) is 10.5. The molecule has 0 bridgehead atoms. The summed E-state index contributed by atoms with van der Waals surface area (Å²) in [4.78, 5) is 21.5. The number of hydrogen-bond acceptors (Lipinski definition) is 4. The maximum absolute atomic E-state index is 15.3. The highest BCUT2D eigenvalue weighted by Crippen LogP contribution is 2.55. The van der Waals surface area contributed by atoms with Crippen molar-refractivity contribution in [2.75, 3.05) is 4.90 Å². The number of H-pyrrole nitrogens is 1. The van der Waals surface area contributed by atoms with E-state index < -0.39 is 35.5 Å². The molecule has 1 aliphatic carbocycles. The third-order valence-electron chi connectivity index (χ3n) is 6.36. The van der Waals surface area contributed by atoms with Gasteiger partial charge in [-0.15, -0.1) is 5.10 Å². The molecular formula is C22H15F5N6O. The highest BCUT2D eigenvalue weighted by atomic mass is 19.4. The summed E-state index contributed by atoms with van der Waals surface area (Å²) in [6, 6.07) is 5.98. The number of alkyl halides is 3. The Labute approximate surface area is 188 Å². The molecule has 7 nitrogen and oxygen atoms in total. The Kier molecular flexibility index (Phi) is 4.32. The highest BCUT2D eigenvalue weighted by molar-refractivity contribution is 6.04. The number of hydrogen-bond donors (Lipinski definition) is 1. The van der Waals surface area contributed by atoms with Crippen molar-refractivity contribution in [2.24, 2.45) is 11.8 Å². The van der Waals surface area contributed by atoms with Gasteiger partial charge >= 0.3 is 6.18 Å². The van der Waals surface area contributed by atoms with E-state index in [1.807, 2.05) is 0 Å². The van der Waals surface area contributed by atoms with Crippen molar-refractivity contribution in [2.45, 2.75) is 25.1 Å². The lowest BCUT2D eigenvalue weighted by Crippen LogP contribution is -2.56. The van der Waals surface area contributed by atoms with Gasteiger partial charge < -0.3 is 9.88 Å². The van der Waals surface area contributed by atoms with Crippen LogP contribution in [0.5, 0.6) is 0 Å². The van der Waals surface area contributed by atoms with E-state index in [-0.39, 0.29) is 23.1 Å². The van der Waals surface area contributed by atoms with Crippen molar-refractivity contribution in [3.05, 3.63) is 65.7 Å². The molecule has 6 rings (SSSR count). The van der Waals surface area contributed by atoms with Crippen molar-refractivity contribution < 1.29 is 26.7 Å². The Morgan fingerprint density at radius 3 is 2.41 bits per heavy atom. The molecule has 2 aromatic heterocycles. The Bertz CT molecular complexity index is 1420. The van der Waals surface area contributed by atoms with Gasteiger partial charge in [0.1, 0.15) is 11.6 Å². The van der Waals surface area contributed by atoms with Gasteiger partial charge in [-0.1, -0.05) is 5.21 Å². The molecule has 1 N–H and O–H groups in total. The molecule has 174 valence electrons. The van der Waals surface area contributed by atoms with E-state index in [4.69, 9.17) is 0 Å². The molecule has 1 saturated carbocycles. The maximum atomic E-state index is 15.3. The Hall–Kier alpha value is -3.83. The van der Waals surface area contributed by atoms with E-state index in [2.05, 4.69) is 20.3 Å². The molecule has 3 heterocycles. The predicted molar refractivity (Wildman–Crippen MR) is 109 cm³/mol. The van der Waals surface area contributed by atoms with Gasteiger partial charge in [0, 0.05) is 23.4 Å². The van der Waals surface area contributed by atoms with Crippen molar-refractivity contribution in [3.8, 4) is 5.69 Å². The monoisotopic (exact) mass is 474 g/mol. The topological polar surface area (TPSA) is 79.7 Å². The molecule has 2 fully saturated rings. The summed E-state index contributed by atoms with van der Waals surface area (Å²) in [5, 5.41) is 6.35. The summed E-state index contributed by atoms with van der Waals surface area (Å²) in [6.45, 7) is 0. The fraction of sp³-hybridized carbons (Fsp3) is 0.273. The molecule has 0 radical (unpaired) electrons. The predicted octanol–water partition coefficient (Wildman–Crippen LogP) is 4.55. The zero-order valence-electron chi connectivity index (χ0n) is 17.2. The van der Waals surface area contributed by atoms with Crippen molar-refractivity contribution in [1.29, 1.82) is 0 Å². The summed E-state index contributed by atoms with van der Waals surface area (Å²) < 4.78 is 69.8. The second kappa shape index (κ2) is 7.08. The van der Waals surface area contributed by atoms with Gasteiger partial charge in [0.05, 0.1) is 41.2 Å². The summed E-state index contributed by atoms with van der Waals surface area (Å²) in [7, 11) is 0. The number of β-lactam (4-membered cyclic amide) rings is 1. The lowest BCUT2D eigenvalue weighted by Gasteiger charge is -2.48. The standard InChI is InChI=1S/C22H15F5N6O/c23-13-5-12(32-8-17(30-31-32)22(25,26)27)6-14(24)19(13)20-18(10-1-2-10)21(34)33(20)11-3-4-15-16(7-11)29-9-28-15/h3-10,18,20H,1-2H2,(H,28,29)/t18?,20-/m1/s1. The lowest BCUT2D eigenvalue weighted by atomic mass is 9.78. The average Bonchev–Trinajstić information content (AvgIpc) is 3.26. The van der Waals surface area contributed by atoms with Crippen LogP contribution in [-0.2, 0) is 11.0 Å². The number of halogens is 5. The number of imidazole rings is 1. The Morgan fingerprint density at radius 2 is 1.76 bits per heavy atom. The SMILES string of the molecule is O=C1C(C2CC2)[C@H](c2c(F)cc(-n3cc(C(F)(F)F)nn3)cc2F)N1c1ccc2[nH]cnc2c1. The zero-order chi connectivity index (χ0) is 23.8.